The molecule has 2 amide bonds. The molecule has 3 aromatic rings. The maximum Gasteiger partial charge on any atom is 0.309 e. The summed E-state index contributed by atoms with van der Waals surface area (Å²) in [6, 6.07) is 16.8. The van der Waals surface area contributed by atoms with Crippen LogP contribution >= 0.6 is 0 Å². The molecule has 1 fully saturated rings. The molecule has 0 radical (unpaired) electrons. The highest BCUT2D eigenvalue weighted by Gasteiger charge is 2.37. The zero-order chi connectivity index (χ0) is 26.8. The molecule has 8 nitrogen and oxygen atoms in total. The third-order valence-corrected chi connectivity index (χ3v) is 7.71. The average molecular weight is 523 g/mol. The van der Waals surface area contributed by atoms with Gasteiger partial charge in [-0.1, -0.05) is 55.7 Å². The van der Waals surface area contributed by atoms with Crippen LogP contribution in [0.1, 0.15) is 64.7 Å². The molecule has 1 unspecified atom stereocenters. The van der Waals surface area contributed by atoms with E-state index < -0.39 is 12.1 Å². The standard InChI is InChI=1S/C31H30N4O4/c36-29(22-11-14-32-15-12-22)34-28-30(37)35-16-13-24-17-20(19-39-31(38)23-9-5-2-6-10-23)18-25(27(24)35)26(33-28)21-7-3-1-4-8-21/h1,3-4,7-8,11-12,14-15,17-18,23,28H,2,5-6,9-10,13,16,19H2,(H,34,36). The second-order valence-electron chi connectivity index (χ2n) is 10.3. The van der Waals surface area contributed by atoms with E-state index in [-0.39, 0.29) is 24.4 Å². The fraction of sp³-hybridized carbons (Fsp3) is 0.323. The molecule has 1 N–H and O–H groups in total. The number of pyridine rings is 1. The number of benzene rings is 2. The van der Waals surface area contributed by atoms with Crippen molar-refractivity contribution in [2.24, 2.45) is 10.9 Å². The first-order chi connectivity index (χ1) is 19.1. The summed E-state index contributed by atoms with van der Waals surface area (Å²) in [6.45, 7) is 0.666. The summed E-state index contributed by atoms with van der Waals surface area (Å²) >= 11 is 0. The maximum absolute atomic E-state index is 13.7. The number of amides is 2. The van der Waals surface area contributed by atoms with Crippen molar-refractivity contribution in [3.63, 3.8) is 0 Å². The van der Waals surface area contributed by atoms with Gasteiger partial charge in [-0.3, -0.25) is 19.4 Å². The van der Waals surface area contributed by atoms with E-state index in [1.807, 2.05) is 42.5 Å². The van der Waals surface area contributed by atoms with Gasteiger partial charge in [0.1, 0.15) is 6.61 Å². The van der Waals surface area contributed by atoms with Crippen molar-refractivity contribution in [3.05, 3.63) is 94.8 Å². The first-order valence-corrected chi connectivity index (χ1v) is 13.6. The summed E-state index contributed by atoms with van der Waals surface area (Å²) in [5.74, 6) is -0.824. The van der Waals surface area contributed by atoms with Crippen LogP contribution in [0.3, 0.4) is 0 Å². The third kappa shape index (κ3) is 5.06. The summed E-state index contributed by atoms with van der Waals surface area (Å²) in [5.41, 5.74) is 5.34. The van der Waals surface area contributed by atoms with Crippen LogP contribution in [0.25, 0.3) is 0 Å². The molecule has 2 aliphatic heterocycles. The van der Waals surface area contributed by atoms with E-state index in [2.05, 4.69) is 10.3 Å². The van der Waals surface area contributed by atoms with Crippen molar-refractivity contribution >= 4 is 29.2 Å². The van der Waals surface area contributed by atoms with Crippen LogP contribution in [0.15, 0.2) is 72.0 Å². The molecule has 1 atom stereocenters. The minimum absolute atomic E-state index is 0.0194. The van der Waals surface area contributed by atoms with Crippen molar-refractivity contribution in [3.8, 4) is 0 Å². The fourth-order valence-electron chi connectivity index (χ4n) is 5.74. The van der Waals surface area contributed by atoms with Gasteiger partial charge in [-0.15, -0.1) is 0 Å². The average Bonchev–Trinajstić information content (AvgIpc) is 3.38. The lowest BCUT2D eigenvalue weighted by atomic mass is 9.89. The van der Waals surface area contributed by atoms with E-state index >= 15 is 0 Å². The molecule has 2 aromatic carbocycles. The molecule has 6 rings (SSSR count). The number of nitrogens with one attached hydrogen (secondary N) is 1. The number of hydrogen-bond donors (Lipinski definition) is 1. The monoisotopic (exact) mass is 522 g/mol. The van der Waals surface area contributed by atoms with Crippen molar-refractivity contribution in [2.75, 3.05) is 11.4 Å². The van der Waals surface area contributed by atoms with Crippen molar-refractivity contribution in [2.45, 2.75) is 51.3 Å². The number of hydrogen-bond acceptors (Lipinski definition) is 6. The molecule has 1 aromatic heterocycles. The number of rotatable bonds is 6. The molecule has 0 bridgehead atoms. The Morgan fingerprint density at radius 1 is 1.00 bits per heavy atom. The number of aromatic nitrogens is 1. The highest BCUT2D eigenvalue weighted by Crippen LogP contribution is 2.37. The summed E-state index contributed by atoms with van der Waals surface area (Å²) in [7, 11) is 0. The Morgan fingerprint density at radius 3 is 2.54 bits per heavy atom. The lowest BCUT2D eigenvalue weighted by molar-refractivity contribution is -0.151. The molecule has 0 spiro atoms. The first kappa shape index (κ1) is 25.0. The largest absolute Gasteiger partial charge is 0.461 e. The number of aliphatic imine (C=N–C) groups is 1. The second-order valence-corrected chi connectivity index (χ2v) is 10.3. The predicted molar refractivity (Wildman–Crippen MR) is 146 cm³/mol. The number of carbonyl (C=O) groups is 3. The fourth-order valence-corrected chi connectivity index (χ4v) is 5.74. The van der Waals surface area contributed by atoms with Gasteiger partial charge in [0.05, 0.1) is 17.3 Å². The lowest BCUT2D eigenvalue weighted by Gasteiger charge is -2.22. The SMILES string of the molecule is O=C(NC1N=C(c2ccccc2)c2cc(COC(=O)C3CCCCC3)cc3c2N(CC3)C1=O)c1ccncc1. The summed E-state index contributed by atoms with van der Waals surface area (Å²) in [5, 5.41) is 2.82. The smallest absolute Gasteiger partial charge is 0.309 e. The van der Waals surface area contributed by atoms with Crippen LogP contribution in [-0.4, -0.2) is 41.2 Å². The molecule has 39 heavy (non-hydrogen) atoms. The van der Waals surface area contributed by atoms with Gasteiger partial charge < -0.3 is 15.0 Å². The molecule has 1 aliphatic carbocycles. The number of nitrogens with zero attached hydrogens (tertiary/aromatic N) is 3. The van der Waals surface area contributed by atoms with Crippen LogP contribution in [0, 0.1) is 5.92 Å². The molecule has 8 heteroatoms. The highest BCUT2D eigenvalue weighted by molar-refractivity contribution is 6.21. The molecular formula is C31H30N4O4. The number of anilines is 1. The van der Waals surface area contributed by atoms with Gasteiger partial charge in [0, 0.05) is 35.6 Å². The normalized spacial score (nSPS) is 18.7. The van der Waals surface area contributed by atoms with Gasteiger partial charge in [0.25, 0.3) is 11.8 Å². The zero-order valence-electron chi connectivity index (χ0n) is 21.6. The Bertz CT molecular complexity index is 1430. The van der Waals surface area contributed by atoms with Crippen LogP contribution in [0.4, 0.5) is 5.69 Å². The molecular weight excluding hydrogens is 492 g/mol. The van der Waals surface area contributed by atoms with Crippen molar-refractivity contribution < 1.29 is 19.1 Å². The third-order valence-electron chi connectivity index (χ3n) is 7.71. The molecule has 3 aliphatic rings. The van der Waals surface area contributed by atoms with Crippen LogP contribution < -0.4 is 10.2 Å². The summed E-state index contributed by atoms with van der Waals surface area (Å²) < 4.78 is 5.77. The van der Waals surface area contributed by atoms with E-state index in [1.165, 1.54) is 18.8 Å². The molecule has 0 saturated heterocycles. The number of carbonyl (C=O) groups excluding carboxylic acids is 3. The zero-order valence-corrected chi connectivity index (χ0v) is 21.6. The Labute approximate surface area is 227 Å². The summed E-state index contributed by atoms with van der Waals surface area (Å²) in [4.78, 5) is 50.0. The second kappa shape index (κ2) is 10.8. The minimum atomic E-state index is -1.09. The molecule has 3 heterocycles. The number of esters is 1. The summed E-state index contributed by atoms with van der Waals surface area (Å²) in [6.07, 6.45) is 7.76. The van der Waals surface area contributed by atoms with Gasteiger partial charge in [-0.2, -0.15) is 0 Å². The topological polar surface area (TPSA) is 101 Å². The van der Waals surface area contributed by atoms with Crippen LogP contribution in [0.2, 0.25) is 0 Å². The van der Waals surface area contributed by atoms with E-state index in [9.17, 15) is 14.4 Å². The Kier molecular flexibility index (Phi) is 6.92. The van der Waals surface area contributed by atoms with Crippen molar-refractivity contribution in [1.82, 2.24) is 10.3 Å². The predicted octanol–water partition coefficient (Wildman–Crippen LogP) is 4.20. The quantitative estimate of drug-likeness (QED) is 0.489. The van der Waals surface area contributed by atoms with Gasteiger partial charge >= 0.3 is 5.97 Å². The van der Waals surface area contributed by atoms with Gasteiger partial charge in [-0.05, 0) is 48.6 Å². The highest BCUT2D eigenvalue weighted by atomic mass is 16.5. The molecule has 1 saturated carbocycles. The van der Waals surface area contributed by atoms with Gasteiger partial charge in [-0.25, -0.2) is 4.99 Å². The van der Waals surface area contributed by atoms with Crippen molar-refractivity contribution in [1.29, 1.82) is 0 Å². The van der Waals surface area contributed by atoms with Gasteiger partial charge in [0.2, 0.25) is 6.17 Å². The number of ether oxygens (including phenoxy) is 1. The maximum atomic E-state index is 13.7. The van der Waals surface area contributed by atoms with Gasteiger partial charge in [0.15, 0.2) is 0 Å². The Balaban J connectivity index is 1.36. The first-order valence-electron chi connectivity index (χ1n) is 13.6. The van der Waals surface area contributed by atoms with E-state index in [0.29, 0.717) is 24.2 Å². The van der Waals surface area contributed by atoms with E-state index in [0.717, 1.165) is 53.6 Å². The van der Waals surface area contributed by atoms with E-state index in [4.69, 9.17) is 9.73 Å². The minimum Gasteiger partial charge on any atom is -0.461 e. The lowest BCUT2D eigenvalue weighted by Crippen LogP contribution is -2.46. The molecule has 198 valence electrons. The Morgan fingerprint density at radius 2 is 1.77 bits per heavy atom. The van der Waals surface area contributed by atoms with Crippen LogP contribution in [0.5, 0.6) is 0 Å². The van der Waals surface area contributed by atoms with Crippen LogP contribution in [-0.2, 0) is 27.4 Å². The van der Waals surface area contributed by atoms with E-state index in [1.54, 1.807) is 17.0 Å². The Hall–Kier alpha value is -4.33.